The molecule has 1 saturated heterocycles. The summed E-state index contributed by atoms with van der Waals surface area (Å²) in [5, 5.41) is 5.76. The van der Waals surface area contributed by atoms with Gasteiger partial charge in [0.2, 0.25) is 11.8 Å². The number of carbonyl (C=O) groups is 3. The zero-order valence-corrected chi connectivity index (χ0v) is 18.9. The zero-order chi connectivity index (χ0) is 24.3. The highest BCUT2D eigenvalue weighted by molar-refractivity contribution is 6.13. The summed E-state index contributed by atoms with van der Waals surface area (Å²) in [5.41, 5.74) is 3.01. The Morgan fingerprint density at radius 3 is 2.63 bits per heavy atom. The molecule has 0 spiro atoms. The second-order valence-electron chi connectivity index (χ2n) is 9.21. The average molecular weight is 478 g/mol. The summed E-state index contributed by atoms with van der Waals surface area (Å²) in [6, 6.07) is 3.17. The summed E-state index contributed by atoms with van der Waals surface area (Å²) >= 11 is 0. The van der Waals surface area contributed by atoms with Crippen molar-refractivity contribution in [2.45, 2.75) is 37.9 Å². The fraction of sp³-hybridized carbons (Fsp3) is 0.391. The Morgan fingerprint density at radius 1 is 1.17 bits per heavy atom. The quantitative estimate of drug-likeness (QED) is 0.499. The number of imide groups is 1. The number of imidazole rings is 1. The van der Waals surface area contributed by atoms with E-state index in [1.165, 1.54) is 18.3 Å². The molecule has 0 bridgehead atoms. The van der Waals surface area contributed by atoms with E-state index in [-0.39, 0.29) is 30.8 Å². The van der Waals surface area contributed by atoms with Gasteiger partial charge in [-0.25, -0.2) is 24.1 Å². The zero-order valence-electron chi connectivity index (χ0n) is 18.9. The molecule has 2 atom stereocenters. The topological polar surface area (TPSA) is 125 Å². The monoisotopic (exact) mass is 478 g/mol. The Labute approximate surface area is 199 Å². The number of aromatic nitrogens is 4. The lowest BCUT2D eigenvalue weighted by molar-refractivity contribution is -0.124. The summed E-state index contributed by atoms with van der Waals surface area (Å²) in [6.45, 7) is 0.311. The minimum Gasteiger partial charge on any atom is -0.364 e. The Morgan fingerprint density at radius 2 is 1.94 bits per heavy atom. The number of fused-ring (bicyclic) bond motifs is 1. The molecule has 2 N–H and O–H groups in total. The Bertz CT molecular complexity index is 1370. The first-order valence-electron chi connectivity index (χ1n) is 11.5. The van der Waals surface area contributed by atoms with Crippen molar-refractivity contribution in [3.8, 4) is 0 Å². The Kier molecular flexibility index (Phi) is 4.90. The van der Waals surface area contributed by atoms with E-state index < -0.39 is 12.1 Å². The number of pyridine rings is 1. The normalized spacial score (nSPS) is 21.7. The minimum absolute atomic E-state index is 0.0149. The summed E-state index contributed by atoms with van der Waals surface area (Å²) < 4.78 is 15.0. The van der Waals surface area contributed by atoms with E-state index >= 15 is 0 Å². The largest absolute Gasteiger partial charge is 0.364 e. The van der Waals surface area contributed by atoms with Gasteiger partial charge in [0.05, 0.1) is 23.8 Å². The summed E-state index contributed by atoms with van der Waals surface area (Å²) in [6.07, 6.45) is 6.57. The van der Waals surface area contributed by atoms with Gasteiger partial charge in [-0.05, 0) is 36.8 Å². The highest BCUT2D eigenvalue weighted by atomic mass is 19.1. The third-order valence-electron chi connectivity index (χ3n) is 6.55. The lowest BCUT2D eigenvalue weighted by Gasteiger charge is -2.17. The van der Waals surface area contributed by atoms with Crippen molar-refractivity contribution in [1.82, 2.24) is 24.3 Å². The van der Waals surface area contributed by atoms with E-state index in [1.807, 2.05) is 22.9 Å². The number of nitrogens with zero attached hydrogens (tertiary/aromatic N) is 6. The second kappa shape index (κ2) is 8.00. The second-order valence-corrected chi connectivity index (χ2v) is 9.21. The van der Waals surface area contributed by atoms with Crippen molar-refractivity contribution in [2.24, 2.45) is 5.92 Å². The highest BCUT2D eigenvalue weighted by Gasteiger charge is 2.43. The predicted molar refractivity (Wildman–Crippen MR) is 124 cm³/mol. The molecule has 0 aromatic carbocycles. The molecular formula is C23H23FN8O3. The van der Waals surface area contributed by atoms with Crippen LogP contribution in [0.5, 0.6) is 0 Å². The molecule has 6 rings (SSSR count). The van der Waals surface area contributed by atoms with Crippen molar-refractivity contribution < 1.29 is 18.8 Å². The van der Waals surface area contributed by atoms with Gasteiger partial charge in [-0.2, -0.15) is 0 Å². The molecule has 0 radical (unpaired) electrons. The highest BCUT2D eigenvalue weighted by Crippen LogP contribution is 2.42. The number of alkyl halides is 1. The van der Waals surface area contributed by atoms with E-state index in [4.69, 9.17) is 4.98 Å². The molecule has 11 nitrogen and oxygen atoms in total. The molecule has 3 aromatic rings. The first-order chi connectivity index (χ1) is 16.9. The van der Waals surface area contributed by atoms with Gasteiger partial charge >= 0.3 is 6.03 Å². The summed E-state index contributed by atoms with van der Waals surface area (Å²) in [4.78, 5) is 52.2. The third-order valence-corrected chi connectivity index (χ3v) is 6.55. The number of anilines is 3. The van der Waals surface area contributed by atoms with E-state index in [9.17, 15) is 18.8 Å². The van der Waals surface area contributed by atoms with Crippen molar-refractivity contribution in [2.75, 3.05) is 29.1 Å². The molecule has 3 aliphatic rings. The van der Waals surface area contributed by atoms with Gasteiger partial charge in [-0.1, -0.05) is 0 Å². The first-order valence-corrected chi connectivity index (χ1v) is 11.5. The van der Waals surface area contributed by atoms with Crippen molar-refractivity contribution in [1.29, 1.82) is 0 Å². The summed E-state index contributed by atoms with van der Waals surface area (Å²) in [7, 11) is 1.48. The van der Waals surface area contributed by atoms with Crippen LogP contribution in [-0.4, -0.2) is 61.9 Å². The number of hydrogen-bond donors (Lipinski definition) is 2. The SMILES string of the molecule is CN1C(=O)CN(c2cc(C3CC3)cn3cc(CNc4cc(NC(=O)[C@H]5C[C@H]5F)ncn4)nc23)C1=O. The van der Waals surface area contributed by atoms with Crippen LogP contribution < -0.4 is 15.5 Å². The minimum atomic E-state index is -1.08. The van der Waals surface area contributed by atoms with Crippen LogP contribution in [0.4, 0.5) is 26.5 Å². The maximum absolute atomic E-state index is 13.1. The Hall–Kier alpha value is -4.09. The molecular weight excluding hydrogens is 455 g/mol. The maximum Gasteiger partial charge on any atom is 0.331 e. The Balaban J connectivity index is 1.23. The fourth-order valence-corrected chi connectivity index (χ4v) is 4.22. The molecule has 2 aliphatic carbocycles. The molecule has 3 fully saturated rings. The van der Waals surface area contributed by atoms with E-state index in [2.05, 4.69) is 20.6 Å². The van der Waals surface area contributed by atoms with Crippen LogP contribution in [-0.2, 0) is 16.1 Å². The van der Waals surface area contributed by atoms with Gasteiger partial charge in [0, 0.05) is 25.5 Å². The van der Waals surface area contributed by atoms with Crippen molar-refractivity contribution in [3.63, 3.8) is 0 Å². The number of halogens is 1. The van der Waals surface area contributed by atoms with Crippen LogP contribution in [0.1, 0.15) is 36.4 Å². The molecule has 35 heavy (non-hydrogen) atoms. The first kappa shape index (κ1) is 21.4. The van der Waals surface area contributed by atoms with Gasteiger partial charge in [0.25, 0.3) is 0 Å². The molecule has 4 heterocycles. The van der Waals surface area contributed by atoms with Crippen LogP contribution in [0.15, 0.2) is 30.9 Å². The van der Waals surface area contributed by atoms with Crippen LogP contribution in [0, 0.1) is 5.92 Å². The maximum atomic E-state index is 13.1. The van der Waals surface area contributed by atoms with Crippen molar-refractivity contribution >= 4 is 40.8 Å². The molecule has 2 saturated carbocycles. The van der Waals surface area contributed by atoms with Crippen LogP contribution in [0.2, 0.25) is 0 Å². The molecule has 4 amide bonds. The molecule has 3 aromatic heterocycles. The number of hydrogen-bond acceptors (Lipinski definition) is 7. The molecule has 1 aliphatic heterocycles. The standard InChI is InChI=1S/C23H23FN8O3/c1-30-20(33)10-32(23(30)35)17-4-13(12-2-3-12)8-31-9-14(28-21(17)31)7-25-18-6-19(27-11-26-18)29-22(34)15-5-16(15)24/h4,6,8-9,11-12,15-16H,2-3,5,7,10H2,1H3,(H2,25,26,27,29,34)/t15-,16+/m0/s1. The number of likely N-dealkylation sites (N-methyl/N-ethyl adjacent to an activating group) is 1. The van der Waals surface area contributed by atoms with Gasteiger partial charge < -0.3 is 15.0 Å². The lowest BCUT2D eigenvalue weighted by atomic mass is 10.1. The fourth-order valence-electron chi connectivity index (χ4n) is 4.22. The molecule has 0 unspecified atom stereocenters. The number of carbonyl (C=O) groups excluding carboxylic acids is 3. The van der Waals surface area contributed by atoms with Crippen LogP contribution in [0.3, 0.4) is 0 Å². The van der Waals surface area contributed by atoms with Gasteiger partial charge in [0.1, 0.15) is 30.7 Å². The third kappa shape index (κ3) is 4.04. The van der Waals surface area contributed by atoms with Gasteiger partial charge in [0.15, 0.2) is 5.65 Å². The number of nitrogens with one attached hydrogen (secondary N) is 2. The molecule has 12 heteroatoms. The number of rotatable bonds is 7. The number of urea groups is 1. The number of amides is 4. The van der Waals surface area contributed by atoms with E-state index in [1.54, 1.807) is 6.07 Å². The molecule has 180 valence electrons. The van der Waals surface area contributed by atoms with Gasteiger partial charge in [-0.3, -0.25) is 19.4 Å². The van der Waals surface area contributed by atoms with Crippen LogP contribution in [0.25, 0.3) is 5.65 Å². The average Bonchev–Trinajstić information content (AvgIpc) is 3.76. The van der Waals surface area contributed by atoms with Gasteiger partial charge in [-0.15, -0.1) is 0 Å². The smallest absolute Gasteiger partial charge is 0.331 e. The lowest BCUT2D eigenvalue weighted by Crippen LogP contribution is -2.30. The van der Waals surface area contributed by atoms with E-state index in [0.717, 1.165) is 23.3 Å². The summed E-state index contributed by atoms with van der Waals surface area (Å²) in [5.74, 6) is -0.0335. The van der Waals surface area contributed by atoms with E-state index in [0.29, 0.717) is 41.1 Å². The predicted octanol–water partition coefficient (Wildman–Crippen LogP) is 2.31. The van der Waals surface area contributed by atoms with Crippen molar-refractivity contribution in [3.05, 3.63) is 42.1 Å². The van der Waals surface area contributed by atoms with Crippen LogP contribution >= 0.6 is 0 Å².